The average molecular weight is 162 g/mol. The summed E-state index contributed by atoms with van der Waals surface area (Å²) in [6.07, 6.45) is 3.50. The van der Waals surface area contributed by atoms with Crippen LogP contribution in [0.25, 0.3) is 0 Å². The van der Waals surface area contributed by atoms with Crippen LogP contribution in [0.4, 0.5) is 0 Å². The summed E-state index contributed by atoms with van der Waals surface area (Å²) in [4.78, 5) is 4.53. The van der Waals surface area contributed by atoms with Crippen molar-refractivity contribution in [3.05, 3.63) is 0 Å². The van der Waals surface area contributed by atoms with Gasteiger partial charge in [0.05, 0.1) is 7.11 Å². The highest BCUT2D eigenvalue weighted by Gasteiger charge is 1.71. The van der Waals surface area contributed by atoms with Crippen molar-refractivity contribution in [2.45, 2.75) is 33.1 Å². The lowest BCUT2D eigenvalue weighted by Crippen LogP contribution is -2.11. The summed E-state index contributed by atoms with van der Waals surface area (Å²) in [6.45, 7) is 6.01. The predicted octanol–water partition coefficient (Wildman–Crippen LogP) is 1.29. The molecule has 0 aromatic rings. The van der Waals surface area contributed by atoms with Gasteiger partial charge < -0.3 is 10.6 Å². The Morgan fingerprint density at radius 1 is 1.27 bits per heavy atom. The smallest absolute Gasteiger partial charge is 0.0572 e. The first-order valence-corrected chi connectivity index (χ1v) is 4.29. The van der Waals surface area contributed by atoms with E-state index in [2.05, 4.69) is 24.2 Å². The third-order valence-electron chi connectivity index (χ3n) is 1.05. The maximum atomic E-state index is 5.14. The highest BCUT2D eigenvalue weighted by molar-refractivity contribution is 4.29. The first kappa shape index (κ1) is 13.5. The average Bonchev–Trinajstić information content (AvgIpc) is 2.04. The zero-order valence-corrected chi connectivity index (χ0v) is 8.02. The molecule has 0 amide bonds. The molecule has 0 rings (SSSR count). The van der Waals surface area contributed by atoms with Gasteiger partial charge in [-0.05, 0) is 19.4 Å². The zero-order valence-electron chi connectivity index (χ0n) is 8.02. The number of rotatable bonds is 5. The van der Waals surface area contributed by atoms with Gasteiger partial charge in [0.2, 0.25) is 0 Å². The zero-order chi connectivity index (χ0) is 8.95. The van der Waals surface area contributed by atoms with E-state index in [1.54, 1.807) is 7.11 Å². The first-order valence-electron chi connectivity index (χ1n) is 4.29. The van der Waals surface area contributed by atoms with Crippen molar-refractivity contribution in [3.8, 4) is 0 Å². The van der Waals surface area contributed by atoms with E-state index in [-0.39, 0.29) is 0 Å². The maximum Gasteiger partial charge on any atom is 0.0572 e. The molecule has 0 aliphatic rings. The molecule has 3 N–H and O–H groups in total. The topological polar surface area (TPSA) is 47.3 Å². The lowest BCUT2D eigenvalue weighted by molar-refractivity contribution is 0.0920. The van der Waals surface area contributed by atoms with Crippen LogP contribution in [-0.2, 0) is 4.84 Å². The van der Waals surface area contributed by atoms with E-state index in [0.717, 1.165) is 19.5 Å². The van der Waals surface area contributed by atoms with Crippen molar-refractivity contribution in [2.24, 2.45) is 5.73 Å². The van der Waals surface area contributed by atoms with Crippen LogP contribution in [0.1, 0.15) is 33.1 Å². The Morgan fingerprint density at radius 3 is 2.00 bits per heavy atom. The van der Waals surface area contributed by atoms with E-state index >= 15 is 0 Å². The molecule has 0 spiro atoms. The quantitative estimate of drug-likeness (QED) is 0.473. The molecular weight excluding hydrogens is 140 g/mol. The monoisotopic (exact) mass is 162 g/mol. The standard InChI is InChI=1S/C4H11NO.C4H11N/c1-3-4-5-6-2;1-2-3-4-5/h5H,3-4H2,1-2H3;2-5H2,1H3. The number of unbranched alkanes of at least 4 members (excludes halogenated alkanes) is 1. The second-order valence-electron chi connectivity index (χ2n) is 2.24. The molecule has 0 saturated carbocycles. The van der Waals surface area contributed by atoms with Gasteiger partial charge >= 0.3 is 0 Å². The summed E-state index contributed by atoms with van der Waals surface area (Å²) in [5, 5.41) is 0. The van der Waals surface area contributed by atoms with E-state index in [1.807, 2.05) is 0 Å². The molecule has 0 heterocycles. The number of hydroxylamine groups is 1. The van der Waals surface area contributed by atoms with E-state index in [0.29, 0.717) is 0 Å². The largest absolute Gasteiger partial charge is 0.330 e. The number of hydrogen-bond donors (Lipinski definition) is 2. The van der Waals surface area contributed by atoms with Crippen LogP contribution in [0.3, 0.4) is 0 Å². The third-order valence-corrected chi connectivity index (χ3v) is 1.05. The molecule has 0 aromatic heterocycles. The van der Waals surface area contributed by atoms with Crippen molar-refractivity contribution in [1.82, 2.24) is 5.48 Å². The van der Waals surface area contributed by atoms with Crippen LogP contribution in [0.2, 0.25) is 0 Å². The Kier molecular flexibility index (Phi) is 20.2. The molecule has 11 heavy (non-hydrogen) atoms. The van der Waals surface area contributed by atoms with Gasteiger partial charge in [-0.3, -0.25) is 0 Å². The second-order valence-corrected chi connectivity index (χ2v) is 2.24. The molecule has 0 saturated heterocycles. The SMILES string of the molecule is CCCCN.CCCNOC. The van der Waals surface area contributed by atoms with E-state index in [1.165, 1.54) is 12.8 Å². The summed E-state index contributed by atoms with van der Waals surface area (Å²) in [5.41, 5.74) is 7.84. The van der Waals surface area contributed by atoms with Gasteiger partial charge in [-0.15, -0.1) is 0 Å². The highest BCUT2D eigenvalue weighted by Crippen LogP contribution is 1.77. The lowest BCUT2D eigenvalue weighted by Gasteiger charge is -1.93. The normalized spacial score (nSPS) is 8.73. The molecule has 0 aliphatic heterocycles. The van der Waals surface area contributed by atoms with Gasteiger partial charge in [0, 0.05) is 6.54 Å². The van der Waals surface area contributed by atoms with Crippen LogP contribution in [0.5, 0.6) is 0 Å². The van der Waals surface area contributed by atoms with Crippen LogP contribution in [-0.4, -0.2) is 20.2 Å². The minimum Gasteiger partial charge on any atom is -0.330 e. The molecular formula is C8H22N2O. The molecule has 0 atom stereocenters. The lowest BCUT2D eigenvalue weighted by atomic mass is 10.3. The Morgan fingerprint density at radius 2 is 1.91 bits per heavy atom. The Balaban J connectivity index is 0. The summed E-state index contributed by atoms with van der Waals surface area (Å²) in [6, 6.07) is 0. The second kappa shape index (κ2) is 16.5. The molecule has 3 heteroatoms. The minimum atomic E-state index is 0.844. The molecule has 0 unspecified atom stereocenters. The van der Waals surface area contributed by atoms with E-state index < -0.39 is 0 Å². The van der Waals surface area contributed by atoms with Crippen LogP contribution in [0, 0.1) is 0 Å². The fourth-order valence-corrected chi connectivity index (χ4v) is 0.408. The van der Waals surface area contributed by atoms with Crippen molar-refractivity contribution in [1.29, 1.82) is 0 Å². The molecule has 0 aromatic carbocycles. The summed E-state index contributed by atoms with van der Waals surface area (Å²) < 4.78 is 0. The third kappa shape index (κ3) is 25.8. The Bertz CT molecular complexity index is 45.4. The van der Waals surface area contributed by atoms with Crippen molar-refractivity contribution < 1.29 is 4.84 Å². The molecule has 0 fully saturated rings. The molecule has 3 nitrogen and oxygen atoms in total. The number of nitrogens with one attached hydrogen (secondary N) is 1. The number of hydrogen-bond acceptors (Lipinski definition) is 3. The van der Waals surface area contributed by atoms with Gasteiger partial charge in [-0.1, -0.05) is 20.3 Å². The Labute approximate surface area is 70.3 Å². The molecule has 0 aliphatic carbocycles. The van der Waals surface area contributed by atoms with Gasteiger partial charge in [-0.2, -0.15) is 0 Å². The van der Waals surface area contributed by atoms with Gasteiger partial charge in [0.1, 0.15) is 0 Å². The molecule has 70 valence electrons. The van der Waals surface area contributed by atoms with Gasteiger partial charge in [0.25, 0.3) is 0 Å². The van der Waals surface area contributed by atoms with Gasteiger partial charge in [0.15, 0.2) is 0 Å². The van der Waals surface area contributed by atoms with Crippen LogP contribution in [0.15, 0.2) is 0 Å². The summed E-state index contributed by atoms with van der Waals surface area (Å²) in [7, 11) is 1.62. The fraction of sp³-hybridized carbons (Fsp3) is 1.00. The number of nitrogens with two attached hydrogens (primary N) is 1. The van der Waals surface area contributed by atoms with Crippen molar-refractivity contribution in [3.63, 3.8) is 0 Å². The highest BCUT2D eigenvalue weighted by atomic mass is 16.6. The van der Waals surface area contributed by atoms with E-state index in [9.17, 15) is 0 Å². The van der Waals surface area contributed by atoms with Crippen LogP contribution >= 0.6 is 0 Å². The van der Waals surface area contributed by atoms with Gasteiger partial charge in [-0.25, -0.2) is 5.48 Å². The Hall–Kier alpha value is -0.120. The molecule has 0 bridgehead atoms. The maximum absolute atomic E-state index is 5.14. The predicted molar refractivity (Wildman–Crippen MR) is 49.3 cm³/mol. The molecule has 0 radical (unpaired) electrons. The van der Waals surface area contributed by atoms with E-state index in [4.69, 9.17) is 5.73 Å². The van der Waals surface area contributed by atoms with Crippen molar-refractivity contribution in [2.75, 3.05) is 20.2 Å². The van der Waals surface area contributed by atoms with Crippen molar-refractivity contribution >= 4 is 0 Å². The first-order chi connectivity index (χ1) is 5.33. The summed E-state index contributed by atoms with van der Waals surface area (Å²) >= 11 is 0. The fourth-order valence-electron chi connectivity index (χ4n) is 0.408. The van der Waals surface area contributed by atoms with Crippen LogP contribution < -0.4 is 11.2 Å². The summed E-state index contributed by atoms with van der Waals surface area (Å²) in [5.74, 6) is 0. The minimum absolute atomic E-state index is 0.844.